The zero-order valence-corrected chi connectivity index (χ0v) is 14.7. The molecule has 0 bridgehead atoms. The third kappa shape index (κ3) is 5.38. The van der Waals surface area contributed by atoms with Crippen molar-refractivity contribution in [2.24, 2.45) is 0 Å². The minimum absolute atomic E-state index is 0.395. The second-order valence-corrected chi connectivity index (χ2v) is 7.34. The lowest BCUT2D eigenvalue weighted by atomic mass is 10.3. The van der Waals surface area contributed by atoms with Gasteiger partial charge < -0.3 is 10.6 Å². The lowest BCUT2D eigenvalue weighted by molar-refractivity contribution is -0.119. The van der Waals surface area contributed by atoms with E-state index in [1.165, 1.54) is 30.1 Å². The molecular formula is C13H14ClN5O2S2. The molecule has 7 nitrogen and oxygen atoms in total. The van der Waals surface area contributed by atoms with E-state index in [9.17, 15) is 9.59 Å². The molecule has 2 rings (SSSR count). The number of hydrogen-bond acceptors (Lipinski definition) is 7. The Balaban J connectivity index is 1.94. The van der Waals surface area contributed by atoms with Crippen LogP contribution in [-0.2, 0) is 4.79 Å². The minimum atomic E-state index is -0.539. The largest absolute Gasteiger partial charge is 0.341 e. The fourth-order valence-corrected chi connectivity index (χ4v) is 3.58. The maximum Gasteiger partial charge on any atom is 0.321 e. The average Bonchev–Trinajstić information content (AvgIpc) is 2.94. The van der Waals surface area contributed by atoms with E-state index in [1.807, 2.05) is 12.1 Å². The summed E-state index contributed by atoms with van der Waals surface area (Å²) in [7, 11) is 1.44. The maximum atomic E-state index is 11.8. The van der Waals surface area contributed by atoms with Gasteiger partial charge in [0.05, 0.1) is 5.25 Å². The lowest BCUT2D eigenvalue weighted by Crippen LogP contribution is -2.41. The summed E-state index contributed by atoms with van der Waals surface area (Å²) in [4.78, 5) is 22.9. The molecule has 0 aliphatic carbocycles. The van der Waals surface area contributed by atoms with Crippen LogP contribution in [0.3, 0.4) is 0 Å². The number of rotatable bonds is 5. The number of nitrogens with zero attached hydrogens (tertiary/aromatic N) is 2. The van der Waals surface area contributed by atoms with Gasteiger partial charge in [-0.1, -0.05) is 40.8 Å². The zero-order valence-electron chi connectivity index (χ0n) is 12.3. The number of urea groups is 1. The summed E-state index contributed by atoms with van der Waals surface area (Å²) in [5.74, 6) is -0.395. The van der Waals surface area contributed by atoms with Crippen LogP contribution in [0, 0.1) is 0 Å². The first-order chi connectivity index (χ1) is 11.0. The topological polar surface area (TPSA) is 96.0 Å². The number of carbonyl (C=O) groups is 2. The fraction of sp³-hybridized carbons (Fsp3) is 0.231. The van der Waals surface area contributed by atoms with Crippen molar-refractivity contribution >= 4 is 57.5 Å². The number of benzene rings is 1. The van der Waals surface area contributed by atoms with Crippen molar-refractivity contribution in [3.63, 3.8) is 0 Å². The van der Waals surface area contributed by atoms with E-state index in [0.717, 1.165) is 5.69 Å². The Kier molecular flexibility index (Phi) is 6.20. The molecule has 122 valence electrons. The highest BCUT2D eigenvalue weighted by Crippen LogP contribution is 2.30. The second kappa shape index (κ2) is 8.14. The van der Waals surface area contributed by atoms with Gasteiger partial charge in [0.15, 0.2) is 4.34 Å². The van der Waals surface area contributed by atoms with E-state index in [1.54, 1.807) is 19.1 Å². The van der Waals surface area contributed by atoms with Gasteiger partial charge in [-0.3, -0.25) is 10.1 Å². The van der Waals surface area contributed by atoms with Crippen LogP contribution < -0.4 is 16.0 Å². The Bertz CT molecular complexity index is 709. The summed E-state index contributed by atoms with van der Waals surface area (Å²) in [6.45, 7) is 1.69. The van der Waals surface area contributed by atoms with Gasteiger partial charge in [0, 0.05) is 17.8 Å². The fourth-order valence-electron chi connectivity index (χ4n) is 1.48. The molecule has 0 spiro atoms. The predicted octanol–water partition coefficient (Wildman–Crippen LogP) is 2.87. The molecule has 0 aliphatic heterocycles. The van der Waals surface area contributed by atoms with E-state index in [-0.39, 0.29) is 0 Å². The van der Waals surface area contributed by atoms with Gasteiger partial charge in [-0.05, 0) is 25.1 Å². The molecular weight excluding hydrogens is 358 g/mol. The van der Waals surface area contributed by atoms with Crippen molar-refractivity contribution in [1.82, 2.24) is 20.8 Å². The number of anilines is 2. The van der Waals surface area contributed by atoms with Crippen molar-refractivity contribution in [3.8, 4) is 0 Å². The Hall–Kier alpha value is -1.84. The first kappa shape index (κ1) is 17.5. The first-order valence-corrected chi connectivity index (χ1v) is 8.60. The molecule has 1 aromatic heterocycles. The zero-order chi connectivity index (χ0) is 16.8. The summed E-state index contributed by atoms with van der Waals surface area (Å²) in [5, 5.41) is 16.4. The van der Waals surface area contributed by atoms with Crippen molar-refractivity contribution in [2.45, 2.75) is 16.5 Å². The molecule has 0 aliphatic rings. The van der Waals surface area contributed by atoms with Crippen LogP contribution in [0.2, 0.25) is 5.02 Å². The van der Waals surface area contributed by atoms with Crippen LogP contribution in [-0.4, -0.2) is 34.4 Å². The first-order valence-electron chi connectivity index (χ1n) is 6.53. The Morgan fingerprint density at radius 1 is 1.35 bits per heavy atom. The standard InChI is InChI=1S/C13H14ClN5O2S2/c1-7(10(20)17-11(21)15-2)22-13-19-18-12(23-13)16-9-5-3-4-8(14)6-9/h3-7H,1-2H3,(H,16,18)(H2,15,17,20,21)/t7-/m1/s1. The summed E-state index contributed by atoms with van der Waals surface area (Å²) >= 11 is 8.46. The van der Waals surface area contributed by atoms with E-state index in [0.29, 0.717) is 14.5 Å². The maximum absolute atomic E-state index is 11.8. The molecule has 1 heterocycles. The SMILES string of the molecule is CNC(=O)NC(=O)[C@@H](C)Sc1nnc(Nc2cccc(Cl)c2)s1. The number of imide groups is 1. The van der Waals surface area contributed by atoms with Crippen molar-refractivity contribution in [1.29, 1.82) is 0 Å². The van der Waals surface area contributed by atoms with Crippen LogP contribution in [0.25, 0.3) is 0 Å². The van der Waals surface area contributed by atoms with Crippen molar-refractivity contribution in [2.75, 3.05) is 12.4 Å². The van der Waals surface area contributed by atoms with Gasteiger partial charge in [-0.25, -0.2) is 4.79 Å². The molecule has 3 N–H and O–H groups in total. The van der Waals surface area contributed by atoms with Gasteiger partial charge in [-0.2, -0.15) is 0 Å². The average molecular weight is 372 g/mol. The summed E-state index contributed by atoms with van der Waals surface area (Å²) < 4.78 is 0.620. The summed E-state index contributed by atoms with van der Waals surface area (Å²) in [6.07, 6.45) is 0. The number of amides is 3. The smallest absolute Gasteiger partial charge is 0.321 e. The van der Waals surface area contributed by atoms with Crippen LogP contribution in [0.5, 0.6) is 0 Å². The minimum Gasteiger partial charge on any atom is -0.341 e. The molecule has 0 fully saturated rings. The molecule has 1 atom stereocenters. The molecule has 10 heteroatoms. The van der Waals surface area contributed by atoms with Gasteiger partial charge in [0.25, 0.3) is 0 Å². The highest BCUT2D eigenvalue weighted by Gasteiger charge is 2.18. The van der Waals surface area contributed by atoms with Crippen LogP contribution in [0.4, 0.5) is 15.6 Å². The van der Waals surface area contributed by atoms with E-state index < -0.39 is 17.2 Å². The van der Waals surface area contributed by atoms with Crippen LogP contribution in [0.15, 0.2) is 28.6 Å². The molecule has 0 saturated carbocycles. The third-order valence-electron chi connectivity index (χ3n) is 2.59. The van der Waals surface area contributed by atoms with Crippen molar-refractivity contribution in [3.05, 3.63) is 29.3 Å². The van der Waals surface area contributed by atoms with E-state index in [2.05, 4.69) is 26.1 Å². The molecule has 2 aromatic rings. The molecule has 0 radical (unpaired) electrons. The van der Waals surface area contributed by atoms with Gasteiger partial charge in [-0.15, -0.1) is 10.2 Å². The number of hydrogen-bond donors (Lipinski definition) is 3. The quantitative estimate of drug-likeness (QED) is 0.699. The van der Waals surface area contributed by atoms with E-state index >= 15 is 0 Å². The van der Waals surface area contributed by atoms with Gasteiger partial charge in [0.2, 0.25) is 11.0 Å². The predicted molar refractivity (Wildman–Crippen MR) is 92.6 cm³/mol. The Labute approximate surface area is 146 Å². The molecule has 3 amide bonds. The third-order valence-corrected chi connectivity index (χ3v) is 4.85. The monoisotopic (exact) mass is 371 g/mol. The lowest BCUT2D eigenvalue weighted by Gasteiger charge is -2.08. The molecule has 0 saturated heterocycles. The van der Waals surface area contributed by atoms with Crippen molar-refractivity contribution < 1.29 is 9.59 Å². The number of aromatic nitrogens is 2. The van der Waals surface area contributed by atoms with Crippen LogP contribution in [0.1, 0.15) is 6.92 Å². The number of halogens is 1. The molecule has 0 unspecified atom stereocenters. The Morgan fingerprint density at radius 3 is 2.83 bits per heavy atom. The van der Waals surface area contributed by atoms with E-state index in [4.69, 9.17) is 11.6 Å². The summed E-state index contributed by atoms with van der Waals surface area (Å²) in [5.41, 5.74) is 0.801. The normalized spacial score (nSPS) is 11.6. The highest BCUT2D eigenvalue weighted by molar-refractivity contribution is 8.02. The number of carbonyl (C=O) groups excluding carboxylic acids is 2. The second-order valence-electron chi connectivity index (χ2n) is 4.34. The molecule has 23 heavy (non-hydrogen) atoms. The van der Waals surface area contributed by atoms with Gasteiger partial charge in [0.1, 0.15) is 0 Å². The number of nitrogens with one attached hydrogen (secondary N) is 3. The highest BCUT2D eigenvalue weighted by atomic mass is 35.5. The van der Waals surface area contributed by atoms with Crippen LogP contribution >= 0.6 is 34.7 Å². The van der Waals surface area contributed by atoms with Gasteiger partial charge >= 0.3 is 6.03 Å². The number of thioether (sulfide) groups is 1. The summed E-state index contributed by atoms with van der Waals surface area (Å²) in [6, 6.07) is 6.70. The molecule has 1 aromatic carbocycles. The Morgan fingerprint density at radius 2 is 2.13 bits per heavy atom.